The van der Waals surface area contributed by atoms with E-state index in [2.05, 4.69) is 19.9 Å². The fourth-order valence-corrected chi connectivity index (χ4v) is 17.8. The minimum absolute atomic E-state index is 0.0225. The first-order chi connectivity index (χ1) is 41.9. The summed E-state index contributed by atoms with van der Waals surface area (Å²) in [6.45, 7) is 15.9. The van der Waals surface area contributed by atoms with E-state index in [-0.39, 0.29) is 31.1 Å². The number of carbonyl (C=O) groups is 4. The number of allylic oxidation sites excluding steroid dienone is 1. The Bertz CT molecular complexity index is 2640. The second-order valence-corrected chi connectivity index (χ2v) is 28.8. The molecule has 514 valence electrons. The molecule has 0 aromatic heterocycles. The molecule has 9 aliphatic rings. The summed E-state index contributed by atoms with van der Waals surface area (Å²) in [4.78, 5) is 53.2. The second kappa shape index (κ2) is 25.7. The molecule has 5 aliphatic carbocycles. The van der Waals surface area contributed by atoms with Crippen LogP contribution in [0.2, 0.25) is 0 Å². The Labute approximate surface area is 521 Å². The van der Waals surface area contributed by atoms with Crippen molar-refractivity contribution in [3.8, 4) is 0 Å². The minimum Gasteiger partial charge on any atom is -0.479 e. The maximum atomic E-state index is 14.1. The van der Waals surface area contributed by atoms with Crippen molar-refractivity contribution in [3.05, 3.63) is 11.6 Å². The first kappa shape index (κ1) is 71.1. The standard InChI is InChI=1S/C61H96O29/c1-12-59(10,90-25(3)66)54(79)89-47-48(81-24(2)65)61(23-64)27(19-55(47,4)5)26-13-14-32-57(8)17-16-33(56(6,7)31(57)15-18-58(32,9)60(26,11)45(75)46(61)76)84-53-44(88-52-40(74)37(71)35(69)29(20-62)82-52)42(85-50-38(72)34(68)28(67)22-80-50)41(43(87-53)49(77)78)86-51-39(73)36(70)30(21-63)83-51/h13,27-48,50-53,62-64,67-76H,12,14-23H2,1-11H3,(H,77,78)/t27-,28-,29+,30-,31-,32+,33-,34-,35+,36-,37-,38+,39+,40+,41-,42-,43-,44+,45-,46+,47-,48-,50-,51-,52-,53+,57-,58+,59?,60-,61-/m0/s1. The summed E-state index contributed by atoms with van der Waals surface area (Å²) in [6.07, 6.45) is -37.2. The number of hydrogen-bond acceptors (Lipinski definition) is 28. The fourth-order valence-electron chi connectivity index (χ4n) is 17.8. The van der Waals surface area contributed by atoms with Crippen LogP contribution in [0.1, 0.15) is 121 Å². The lowest BCUT2D eigenvalue weighted by molar-refractivity contribution is -0.401. The molecule has 8 fully saturated rings. The summed E-state index contributed by atoms with van der Waals surface area (Å²) in [5.74, 6) is -5.46. The number of rotatable bonds is 17. The zero-order valence-corrected chi connectivity index (χ0v) is 52.8. The van der Waals surface area contributed by atoms with Gasteiger partial charge in [0.15, 0.2) is 37.4 Å². The van der Waals surface area contributed by atoms with Crippen LogP contribution in [0.5, 0.6) is 0 Å². The molecule has 4 aliphatic heterocycles. The van der Waals surface area contributed by atoms with Crippen LogP contribution in [0.25, 0.3) is 0 Å². The van der Waals surface area contributed by atoms with E-state index in [9.17, 15) is 90.7 Å². The van der Waals surface area contributed by atoms with Crippen LogP contribution in [0, 0.1) is 50.2 Å². The molecule has 90 heavy (non-hydrogen) atoms. The number of fused-ring (bicyclic) bond motifs is 7. The van der Waals surface area contributed by atoms with E-state index in [4.69, 9.17) is 52.1 Å². The van der Waals surface area contributed by atoms with Crippen molar-refractivity contribution in [2.24, 2.45) is 50.2 Å². The van der Waals surface area contributed by atoms with Crippen LogP contribution in [-0.2, 0) is 71.3 Å². The van der Waals surface area contributed by atoms with Crippen LogP contribution in [0.15, 0.2) is 11.6 Å². The zero-order valence-electron chi connectivity index (χ0n) is 52.8. The SMILES string of the molecule is CCC(C)(OC(C)=O)C(=O)O[C@H]1[C@H](OC(C)=O)[C@]2(CO)[C@H](O)[C@H](O)[C@]3(C)C(=CC[C@@H]4[C@@]5(C)CC[C@H](O[C@@H]6O[C@H](C(=O)O)[C@@H](O[C@@H]7O[C@@H](CO)[C@H](O)[C@H]7O)[C@H](O[C@@H]7OC[C@H](O)[C@H](O)[C@H]7O)[C@H]6O[C@@H]6O[C@H](CO)[C@@H](O)[C@H](O)[C@H]6O)C(C)(C)[C@@H]5CC[C@]43C)[C@@H]2CC1(C)C. The van der Waals surface area contributed by atoms with Crippen LogP contribution < -0.4 is 0 Å². The number of carbonyl (C=O) groups excluding carboxylic acids is 3. The Hall–Kier alpha value is -3.22. The topological polar surface area (TPSA) is 453 Å². The average molecular weight is 1290 g/mol. The number of aliphatic hydroxyl groups is 13. The third-order valence-electron chi connectivity index (χ3n) is 23.1. The molecule has 29 nitrogen and oxygen atoms in total. The first-order valence-corrected chi connectivity index (χ1v) is 31.3. The minimum atomic E-state index is -2.20. The van der Waals surface area contributed by atoms with Gasteiger partial charge in [-0.15, -0.1) is 0 Å². The highest BCUT2D eigenvalue weighted by Crippen LogP contribution is 2.76. The largest absolute Gasteiger partial charge is 0.479 e. The van der Waals surface area contributed by atoms with Gasteiger partial charge in [-0.1, -0.05) is 67.0 Å². The summed E-state index contributed by atoms with van der Waals surface area (Å²) in [5, 5.41) is 157. The van der Waals surface area contributed by atoms with E-state index in [1.165, 1.54) is 6.92 Å². The van der Waals surface area contributed by atoms with Crippen molar-refractivity contribution < 1.29 is 143 Å². The molecular weight excluding hydrogens is 1200 g/mol. The second-order valence-electron chi connectivity index (χ2n) is 28.8. The number of aliphatic carboxylic acids is 1. The van der Waals surface area contributed by atoms with Gasteiger partial charge < -0.3 is 124 Å². The molecule has 0 radical (unpaired) electrons. The van der Waals surface area contributed by atoms with Gasteiger partial charge in [-0.25, -0.2) is 9.59 Å². The van der Waals surface area contributed by atoms with Gasteiger partial charge >= 0.3 is 23.9 Å². The first-order valence-electron chi connectivity index (χ1n) is 31.3. The summed E-state index contributed by atoms with van der Waals surface area (Å²) >= 11 is 0. The summed E-state index contributed by atoms with van der Waals surface area (Å²) in [7, 11) is 0. The normalized spacial score (nSPS) is 49.5. The lowest BCUT2D eigenvalue weighted by Crippen LogP contribution is -2.76. The van der Waals surface area contributed by atoms with Crippen LogP contribution in [-0.4, -0.2) is 269 Å². The molecular formula is C61H96O29. The van der Waals surface area contributed by atoms with Gasteiger partial charge in [0, 0.05) is 24.7 Å². The van der Waals surface area contributed by atoms with E-state index in [0.717, 1.165) is 19.4 Å². The van der Waals surface area contributed by atoms with E-state index >= 15 is 0 Å². The highest BCUT2D eigenvalue weighted by molar-refractivity contribution is 5.82. The summed E-state index contributed by atoms with van der Waals surface area (Å²) in [6, 6.07) is 0. The third kappa shape index (κ3) is 11.5. The van der Waals surface area contributed by atoms with Gasteiger partial charge in [0.25, 0.3) is 0 Å². The zero-order chi connectivity index (χ0) is 66.7. The molecule has 0 amide bonds. The molecule has 9 rings (SSSR count). The molecule has 1 unspecified atom stereocenters. The Balaban J connectivity index is 1.07. The Kier molecular flexibility index (Phi) is 20.3. The molecule has 4 heterocycles. The van der Waals surface area contributed by atoms with Crippen LogP contribution in [0.3, 0.4) is 0 Å². The summed E-state index contributed by atoms with van der Waals surface area (Å²) in [5.41, 5.74) is -7.42. The number of aliphatic hydroxyl groups excluding tert-OH is 13. The van der Waals surface area contributed by atoms with Gasteiger partial charge in [-0.3, -0.25) is 9.59 Å². The molecule has 29 heteroatoms. The van der Waals surface area contributed by atoms with Crippen molar-refractivity contribution in [1.82, 2.24) is 0 Å². The fraction of sp³-hybridized carbons (Fsp3) is 0.902. The van der Waals surface area contributed by atoms with E-state index < -0.39 is 235 Å². The van der Waals surface area contributed by atoms with Crippen LogP contribution in [0.4, 0.5) is 0 Å². The quantitative estimate of drug-likeness (QED) is 0.0311. The lowest BCUT2D eigenvalue weighted by atomic mass is 9.32. The Morgan fingerprint density at radius 1 is 0.633 bits per heavy atom. The third-order valence-corrected chi connectivity index (χ3v) is 23.1. The molecule has 0 aromatic rings. The molecule has 14 N–H and O–H groups in total. The van der Waals surface area contributed by atoms with Crippen molar-refractivity contribution in [3.63, 3.8) is 0 Å². The maximum absolute atomic E-state index is 14.1. The van der Waals surface area contributed by atoms with Gasteiger partial charge in [0.05, 0.1) is 50.2 Å². The van der Waals surface area contributed by atoms with Gasteiger partial charge in [-0.2, -0.15) is 0 Å². The van der Waals surface area contributed by atoms with E-state index in [0.29, 0.717) is 25.7 Å². The predicted molar refractivity (Wildman–Crippen MR) is 301 cm³/mol. The monoisotopic (exact) mass is 1290 g/mol. The average Bonchev–Trinajstić information content (AvgIpc) is 0.730. The molecule has 4 saturated heterocycles. The van der Waals surface area contributed by atoms with Crippen molar-refractivity contribution in [2.45, 2.75) is 268 Å². The van der Waals surface area contributed by atoms with E-state index in [1.807, 2.05) is 34.6 Å². The maximum Gasteiger partial charge on any atom is 0.350 e. The molecule has 0 aromatic carbocycles. The number of hydrogen-bond donors (Lipinski definition) is 14. The molecule has 0 spiro atoms. The highest BCUT2D eigenvalue weighted by atomic mass is 16.8. The van der Waals surface area contributed by atoms with Crippen molar-refractivity contribution >= 4 is 23.9 Å². The molecule has 31 atom stereocenters. The van der Waals surface area contributed by atoms with Gasteiger partial charge in [0.2, 0.25) is 5.60 Å². The lowest BCUT2D eigenvalue weighted by Gasteiger charge is -2.73. The van der Waals surface area contributed by atoms with Crippen molar-refractivity contribution in [1.29, 1.82) is 0 Å². The van der Waals surface area contributed by atoms with Gasteiger partial charge in [-0.05, 0) is 85.9 Å². The van der Waals surface area contributed by atoms with Crippen LogP contribution >= 0.6 is 0 Å². The number of esters is 3. The smallest absolute Gasteiger partial charge is 0.350 e. The number of carboxylic acids is 1. The summed E-state index contributed by atoms with van der Waals surface area (Å²) < 4.78 is 67.0. The number of carboxylic acid groups (broad SMARTS) is 1. The highest BCUT2D eigenvalue weighted by Gasteiger charge is 2.77. The Morgan fingerprint density at radius 2 is 1.21 bits per heavy atom. The van der Waals surface area contributed by atoms with Crippen molar-refractivity contribution in [2.75, 3.05) is 26.4 Å². The molecule has 0 bridgehead atoms. The number of ether oxygens (including phenoxy) is 11. The molecule has 4 saturated carbocycles. The van der Waals surface area contributed by atoms with E-state index in [1.54, 1.807) is 6.92 Å². The Morgan fingerprint density at radius 3 is 1.78 bits per heavy atom. The van der Waals surface area contributed by atoms with Gasteiger partial charge in [0.1, 0.15) is 85.5 Å². The predicted octanol–water partition coefficient (Wildman–Crippen LogP) is -2.45.